The number of hydrogen-bond donors (Lipinski definition) is 2. The van der Waals surface area contributed by atoms with Gasteiger partial charge in [-0.25, -0.2) is 0 Å². The van der Waals surface area contributed by atoms with Gasteiger partial charge in [-0.15, -0.1) is 0 Å². The molecule has 0 aliphatic rings. The van der Waals surface area contributed by atoms with E-state index in [-0.39, 0.29) is 30.3 Å². The highest BCUT2D eigenvalue weighted by molar-refractivity contribution is 5.83. The number of nitrogens with one attached hydrogen (secondary N) is 1. The molecule has 2 N–H and O–H groups in total. The molecule has 0 radical (unpaired) electrons. The summed E-state index contributed by atoms with van der Waals surface area (Å²) in [6.07, 6.45) is 0.477. The lowest BCUT2D eigenvalue weighted by molar-refractivity contribution is -0.143. The molecule has 19 heavy (non-hydrogen) atoms. The van der Waals surface area contributed by atoms with E-state index < -0.39 is 11.9 Å². The van der Waals surface area contributed by atoms with Gasteiger partial charge in [0.25, 0.3) is 0 Å². The van der Waals surface area contributed by atoms with Crippen molar-refractivity contribution in [3.05, 3.63) is 0 Å². The van der Waals surface area contributed by atoms with Crippen LogP contribution in [0.3, 0.4) is 0 Å². The SMILES string of the molecule is CC(=O)N(C)CC(=O)NCC(CC(C)(C)C)C(=O)O. The van der Waals surface area contributed by atoms with E-state index in [2.05, 4.69) is 5.32 Å². The zero-order valence-electron chi connectivity index (χ0n) is 12.3. The lowest BCUT2D eigenvalue weighted by atomic mass is 9.84. The van der Waals surface area contributed by atoms with Gasteiger partial charge in [0, 0.05) is 20.5 Å². The fourth-order valence-electron chi connectivity index (χ4n) is 1.61. The maximum Gasteiger partial charge on any atom is 0.308 e. The fourth-order valence-corrected chi connectivity index (χ4v) is 1.61. The van der Waals surface area contributed by atoms with Crippen molar-refractivity contribution in [2.24, 2.45) is 11.3 Å². The van der Waals surface area contributed by atoms with E-state index in [4.69, 9.17) is 5.11 Å². The molecule has 0 aromatic heterocycles. The molecule has 6 nitrogen and oxygen atoms in total. The zero-order valence-corrected chi connectivity index (χ0v) is 12.3. The van der Waals surface area contributed by atoms with Crippen LogP contribution in [0.15, 0.2) is 0 Å². The van der Waals surface area contributed by atoms with Gasteiger partial charge in [-0.3, -0.25) is 14.4 Å². The number of carbonyl (C=O) groups is 3. The van der Waals surface area contributed by atoms with Crippen LogP contribution in [0.1, 0.15) is 34.1 Å². The van der Waals surface area contributed by atoms with Gasteiger partial charge in [-0.05, 0) is 11.8 Å². The highest BCUT2D eigenvalue weighted by Gasteiger charge is 2.25. The number of rotatable bonds is 6. The summed E-state index contributed by atoms with van der Waals surface area (Å²) < 4.78 is 0. The monoisotopic (exact) mass is 272 g/mol. The van der Waals surface area contributed by atoms with E-state index in [1.165, 1.54) is 18.9 Å². The van der Waals surface area contributed by atoms with Gasteiger partial charge < -0.3 is 15.3 Å². The number of amides is 2. The number of carbonyl (C=O) groups excluding carboxylic acids is 2. The van der Waals surface area contributed by atoms with Gasteiger partial charge >= 0.3 is 5.97 Å². The Labute approximate surface area is 114 Å². The number of nitrogens with zero attached hydrogens (tertiary/aromatic N) is 1. The standard InChI is InChI=1S/C13H24N2O4/c1-9(16)15(5)8-11(17)14-7-10(12(18)19)6-13(2,3)4/h10H,6-8H2,1-5H3,(H,14,17)(H,18,19). The first-order chi connectivity index (χ1) is 8.53. The second kappa shape index (κ2) is 7.11. The van der Waals surface area contributed by atoms with E-state index in [0.29, 0.717) is 6.42 Å². The third kappa shape index (κ3) is 8.18. The largest absolute Gasteiger partial charge is 0.481 e. The smallest absolute Gasteiger partial charge is 0.308 e. The normalized spacial score (nSPS) is 12.7. The molecule has 0 aliphatic heterocycles. The fraction of sp³-hybridized carbons (Fsp3) is 0.769. The van der Waals surface area contributed by atoms with E-state index in [0.717, 1.165) is 0 Å². The molecule has 1 unspecified atom stereocenters. The maximum absolute atomic E-state index is 11.6. The second-order valence-corrected chi connectivity index (χ2v) is 5.98. The quantitative estimate of drug-likeness (QED) is 0.746. The summed E-state index contributed by atoms with van der Waals surface area (Å²) in [6.45, 7) is 7.25. The molecule has 6 heteroatoms. The summed E-state index contributed by atoms with van der Waals surface area (Å²) in [5.41, 5.74) is -0.121. The lowest BCUT2D eigenvalue weighted by Gasteiger charge is -2.23. The molecule has 110 valence electrons. The van der Waals surface area contributed by atoms with Crippen molar-refractivity contribution in [2.45, 2.75) is 34.1 Å². The Morgan fingerprint density at radius 2 is 1.79 bits per heavy atom. The molecule has 0 heterocycles. The first kappa shape index (κ1) is 17.4. The van der Waals surface area contributed by atoms with Crippen LogP contribution in [0.2, 0.25) is 0 Å². The summed E-state index contributed by atoms with van der Waals surface area (Å²) in [6, 6.07) is 0. The van der Waals surface area contributed by atoms with Gasteiger partial charge in [0.2, 0.25) is 11.8 Å². The van der Waals surface area contributed by atoms with E-state index in [1.54, 1.807) is 0 Å². The Morgan fingerprint density at radius 3 is 2.16 bits per heavy atom. The third-order valence-electron chi connectivity index (χ3n) is 2.67. The van der Waals surface area contributed by atoms with Crippen LogP contribution in [0.5, 0.6) is 0 Å². The van der Waals surface area contributed by atoms with E-state index in [1.807, 2.05) is 20.8 Å². The highest BCUT2D eigenvalue weighted by atomic mass is 16.4. The van der Waals surface area contributed by atoms with Gasteiger partial charge in [-0.2, -0.15) is 0 Å². The first-order valence-corrected chi connectivity index (χ1v) is 6.24. The Morgan fingerprint density at radius 1 is 1.26 bits per heavy atom. The average Bonchev–Trinajstić information content (AvgIpc) is 2.21. The maximum atomic E-state index is 11.6. The molecule has 0 aromatic rings. The molecular formula is C13H24N2O4. The number of aliphatic carboxylic acids is 1. The van der Waals surface area contributed by atoms with Crippen LogP contribution >= 0.6 is 0 Å². The molecule has 0 bridgehead atoms. The molecule has 0 rings (SSSR count). The Hall–Kier alpha value is -1.59. The van der Waals surface area contributed by atoms with Crippen molar-refractivity contribution in [1.29, 1.82) is 0 Å². The van der Waals surface area contributed by atoms with Crippen LogP contribution in [0.4, 0.5) is 0 Å². The topological polar surface area (TPSA) is 86.7 Å². The van der Waals surface area contributed by atoms with Crippen LogP contribution in [-0.4, -0.2) is 47.9 Å². The summed E-state index contributed by atoms with van der Waals surface area (Å²) in [7, 11) is 1.52. The third-order valence-corrected chi connectivity index (χ3v) is 2.67. The van der Waals surface area contributed by atoms with Gasteiger partial charge in [0.15, 0.2) is 0 Å². The Balaban J connectivity index is 4.30. The predicted octanol–water partition coefficient (Wildman–Crippen LogP) is 0.718. The van der Waals surface area contributed by atoms with Crippen LogP contribution in [0, 0.1) is 11.3 Å². The second-order valence-electron chi connectivity index (χ2n) is 5.98. The van der Waals surface area contributed by atoms with Crippen molar-refractivity contribution in [3.63, 3.8) is 0 Å². The van der Waals surface area contributed by atoms with Gasteiger partial charge in [0.1, 0.15) is 0 Å². The predicted molar refractivity (Wildman–Crippen MR) is 71.5 cm³/mol. The van der Waals surface area contributed by atoms with Gasteiger partial charge in [0.05, 0.1) is 12.5 Å². The molecule has 0 fully saturated rings. The van der Waals surface area contributed by atoms with Crippen molar-refractivity contribution >= 4 is 17.8 Å². The molecule has 0 spiro atoms. The first-order valence-electron chi connectivity index (χ1n) is 6.24. The van der Waals surface area contributed by atoms with E-state index in [9.17, 15) is 14.4 Å². The number of carboxylic acid groups (broad SMARTS) is 1. The highest BCUT2D eigenvalue weighted by Crippen LogP contribution is 2.24. The minimum atomic E-state index is -0.921. The molecule has 0 aliphatic carbocycles. The number of hydrogen-bond acceptors (Lipinski definition) is 3. The van der Waals surface area contributed by atoms with Crippen molar-refractivity contribution in [3.8, 4) is 0 Å². The zero-order chi connectivity index (χ0) is 15.2. The summed E-state index contributed by atoms with van der Waals surface area (Å²) in [5.74, 6) is -2.10. The lowest BCUT2D eigenvalue weighted by Crippen LogP contribution is -2.41. The summed E-state index contributed by atoms with van der Waals surface area (Å²) in [5, 5.41) is 11.7. The average molecular weight is 272 g/mol. The summed E-state index contributed by atoms with van der Waals surface area (Å²) in [4.78, 5) is 34.9. The summed E-state index contributed by atoms with van der Waals surface area (Å²) >= 11 is 0. The molecule has 0 saturated carbocycles. The Bertz CT molecular complexity index is 347. The van der Waals surface area contributed by atoms with Crippen LogP contribution in [0.25, 0.3) is 0 Å². The van der Waals surface area contributed by atoms with Crippen molar-refractivity contribution in [2.75, 3.05) is 20.1 Å². The molecule has 1 atom stereocenters. The minimum absolute atomic E-state index is 0.0583. The number of carboxylic acids is 1. The van der Waals surface area contributed by atoms with Crippen molar-refractivity contribution in [1.82, 2.24) is 10.2 Å². The molecule has 0 saturated heterocycles. The van der Waals surface area contributed by atoms with Crippen LogP contribution in [-0.2, 0) is 14.4 Å². The minimum Gasteiger partial charge on any atom is -0.481 e. The Kier molecular flexibility index (Phi) is 6.52. The van der Waals surface area contributed by atoms with Gasteiger partial charge in [-0.1, -0.05) is 20.8 Å². The number of likely N-dealkylation sites (N-methyl/N-ethyl adjacent to an activating group) is 1. The van der Waals surface area contributed by atoms with Crippen LogP contribution < -0.4 is 5.32 Å². The molecule has 0 aromatic carbocycles. The van der Waals surface area contributed by atoms with E-state index >= 15 is 0 Å². The molecular weight excluding hydrogens is 248 g/mol. The van der Waals surface area contributed by atoms with Crippen molar-refractivity contribution < 1.29 is 19.5 Å². The molecule has 2 amide bonds.